The lowest BCUT2D eigenvalue weighted by molar-refractivity contribution is -0.115. The number of carbonyl (C=O) groups is 2. The Hall–Kier alpha value is -3.86. The second kappa shape index (κ2) is 8.48. The van der Waals surface area contributed by atoms with Gasteiger partial charge in [-0.1, -0.05) is 42.0 Å². The van der Waals surface area contributed by atoms with Crippen LogP contribution in [-0.2, 0) is 11.2 Å². The van der Waals surface area contributed by atoms with Gasteiger partial charge in [0, 0.05) is 28.3 Å². The Balaban J connectivity index is 1.53. The van der Waals surface area contributed by atoms with Gasteiger partial charge in [-0.15, -0.1) is 0 Å². The Kier molecular flexibility index (Phi) is 5.58. The number of methoxy groups -OCH3 is 1. The molecule has 3 aromatic carbocycles. The summed E-state index contributed by atoms with van der Waals surface area (Å²) in [6, 6.07) is 20.2. The fourth-order valence-corrected chi connectivity index (χ4v) is 3.49. The molecule has 31 heavy (non-hydrogen) atoms. The number of benzene rings is 3. The summed E-state index contributed by atoms with van der Waals surface area (Å²) in [7, 11) is 1.61. The Morgan fingerprint density at radius 3 is 2.32 bits per heavy atom. The molecule has 5 heteroatoms. The molecule has 5 nitrogen and oxygen atoms in total. The molecule has 0 unspecified atom stereocenters. The highest BCUT2D eigenvalue weighted by Gasteiger charge is 2.19. The molecule has 0 aliphatic rings. The second-order valence-corrected chi connectivity index (χ2v) is 7.54. The molecule has 0 aliphatic heterocycles. The predicted octanol–water partition coefficient (Wildman–Crippen LogP) is 5.47. The molecule has 0 aliphatic carbocycles. The van der Waals surface area contributed by atoms with Crippen molar-refractivity contribution in [1.29, 1.82) is 0 Å². The fraction of sp³-hybridized carbons (Fsp3) is 0.154. The van der Waals surface area contributed by atoms with E-state index in [9.17, 15) is 9.59 Å². The van der Waals surface area contributed by atoms with Crippen molar-refractivity contribution in [3.05, 3.63) is 94.7 Å². The molecular weight excluding hydrogens is 390 g/mol. The normalized spacial score (nSPS) is 10.8. The van der Waals surface area contributed by atoms with Gasteiger partial charge in [-0.05, 0) is 43.7 Å². The number of nitrogens with one attached hydrogen (secondary N) is 1. The summed E-state index contributed by atoms with van der Waals surface area (Å²) in [4.78, 5) is 25.3. The number of amides is 1. The molecule has 0 saturated heterocycles. The van der Waals surface area contributed by atoms with Gasteiger partial charge in [0.05, 0.1) is 13.5 Å². The number of carbonyl (C=O) groups excluding carboxylic acids is 2. The van der Waals surface area contributed by atoms with E-state index in [0.717, 1.165) is 27.8 Å². The lowest BCUT2D eigenvalue weighted by Crippen LogP contribution is -2.14. The first-order chi connectivity index (χ1) is 14.9. The first-order valence-electron chi connectivity index (χ1n) is 10.0. The van der Waals surface area contributed by atoms with Crippen LogP contribution in [0, 0.1) is 13.8 Å². The van der Waals surface area contributed by atoms with Crippen molar-refractivity contribution in [3.8, 4) is 5.75 Å². The molecule has 1 N–H and O–H groups in total. The number of hydrogen-bond acceptors (Lipinski definition) is 4. The van der Waals surface area contributed by atoms with Crippen molar-refractivity contribution in [2.45, 2.75) is 20.3 Å². The van der Waals surface area contributed by atoms with E-state index in [-0.39, 0.29) is 18.1 Å². The third-order valence-electron chi connectivity index (χ3n) is 5.27. The smallest absolute Gasteiger partial charge is 0.228 e. The number of anilines is 1. The number of furan rings is 1. The van der Waals surface area contributed by atoms with E-state index in [1.165, 1.54) is 0 Å². The van der Waals surface area contributed by atoms with Crippen LogP contribution < -0.4 is 10.1 Å². The molecule has 0 spiro atoms. The SMILES string of the molecule is COc1ccc(CC(=O)Nc2ccc3c(C)c(C(=O)c4ccc(C)cc4)oc3c2)cc1. The topological polar surface area (TPSA) is 68.5 Å². The van der Waals surface area contributed by atoms with E-state index in [1.54, 1.807) is 25.3 Å². The number of ether oxygens (including phenoxy) is 1. The quantitative estimate of drug-likeness (QED) is 0.426. The van der Waals surface area contributed by atoms with E-state index in [0.29, 0.717) is 22.6 Å². The van der Waals surface area contributed by atoms with Gasteiger partial charge < -0.3 is 14.5 Å². The molecule has 156 valence electrons. The summed E-state index contributed by atoms with van der Waals surface area (Å²) in [6.45, 7) is 3.85. The van der Waals surface area contributed by atoms with E-state index in [1.807, 2.05) is 62.4 Å². The standard InChI is InChI=1S/C26H23NO4/c1-16-4-8-19(9-5-16)25(29)26-17(2)22-13-10-20(15-23(22)31-26)27-24(28)14-18-6-11-21(30-3)12-7-18/h4-13,15H,14H2,1-3H3,(H,27,28). The number of hydrogen-bond donors (Lipinski definition) is 1. The average molecular weight is 413 g/mol. The molecule has 4 rings (SSSR count). The third kappa shape index (κ3) is 4.36. The maximum Gasteiger partial charge on any atom is 0.228 e. The van der Waals surface area contributed by atoms with Crippen molar-refractivity contribution in [2.75, 3.05) is 12.4 Å². The Morgan fingerprint density at radius 2 is 1.65 bits per heavy atom. The molecule has 1 aromatic heterocycles. The summed E-state index contributed by atoms with van der Waals surface area (Å²) in [5.74, 6) is 0.780. The maximum absolute atomic E-state index is 12.9. The maximum atomic E-state index is 12.9. The van der Waals surface area contributed by atoms with Gasteiger partial charge in [0.15, 0.2) is 5.76 Å². The molecule has 1 amide bonds. The van der Waals surface area contributed by atoms with Gasteiger partial charge in [-0.3, -0.25) is 9.59 Å². The molecule has 0 saturated carbocycles. The van der Waals surface area contributed by atoms with Crippen molar-refractivity contribution < 1.29 is 18.7 Å². The van der Waals surface area contributed by atoms with Gasteiger partial charge in [-0.2, -0.15) is 0 Å². The summed E-state index contributed by atoms with van der Waals surface area (Å²) in [5.41, 5.74) is 4.54. The van der Waals surface area contributed by atoms with Gasteiger partial charge in [0.1, 0.15) is 11.3 Å². The Bertz CT molecular complexity index is 1250. The third-order valence-corrected chi connectivity index (χ3v) is 5.27. The minimum Gasteiger partial charge on any atom is -0.497 e. The highest BCUT2D eigenvalue weighted by atomic mass is 16.5. The van der Waals surface area contributed by atoms with Gasteiger partial charge in [-0.25, -0.2) is 0 Å². The summed E-state index contributed by atoms with van der Waals surface area (Å²) < 4.78 is 11.0. The number of aryl methyl sites for hydroxylation is 2. The van der Waals surface area contributed by atoms with Crippen LogP contribution >= 0.6 is 0 Å². The Labute approximate surface area is 180 Å². The molecule has 0 atom stereocenters. The van der Waals surface area contributed by atoms with E-state index < -0.39 is 0 Å². The first-order valence-corrected chi connectivity index (χ1v) is 10.0. The zero-order valence-corrected chi connectivity index (χ0v) is 17.7. The molecule has 1 heterocycles. The minimum atomic E-state index is -0.154. The van der Waals surface area contributed by atoms with E-state index >= 15 is 0 Å². The second-order valence-electron chi connectivity index (χ2n) is 7.54. The fourth-order valence-electron chi connectivity index (χ4n) is 3.49. The van der Waals surface area contributed by atoms with Gasteiger partial charge in [0.2, 0.25) is 11.7 Å². The Morgan fingerprint density at radius 1 is 0.935 bits per heavy atom. The molecule has 0 radical (unpaired) electrons. The predicted molar refractivity (Wildman–Crippen MR) is 121 cm³/mol. The average Bonchev–Trinajstić information content (AvgIpc) is 3.10. The number of ketones is 1. The summed E-state index contributed by atoms with van der Waals surface area (Å²) in [5, 5.41) is 3.74. The van der Waals surface area contributed by atoms with Gasteiger partial charge in [0.25, 0.3) is 0 Å². The monoisotopic (exact) mass is 413 g/mol. The molecular formula is C26H23NO4. The molecule has 0 bridgehead atoms. The van der Waals surface area contributed by atoms with Crippen molar-refractivity contribution in [2.24, 2.45) is 0 Å². The van der Waals surface area contributed by atoms with Crippen LogP contribution in [0.5, 0.6) is 5.75 Å². The van der Waals surface area contributed by atoms with Crippen LogP contribution in [0.1, 0.15) is 32.8 Å². The summed E-state index contributed by atoms with van der Waals surface area (Å²) in [6.07, 6.45) is 0.246. The van der Waals surface area contributed by atoms with Crippen LogP contribution in [0.15, 0.2) is 71.1 Å². The van der Waals surface area contributed by atoms with Crippen molar-refractivity contribution in [3.63, 3.8) is 0 Å². The van der Waals surface area contributed by atoms with Crippen LogP contribution in [0.4, 0.5) is 5.69 Å². The van der Waals surface area contributed by atoms with Crippen molar-refractivity contribution in [1.82, 2.24) is 0 Å². The van der Waals surface area contributed by atoms with Crippen LogP contribution in [-0.4, -0.2) is 18.8 Å². The highest BCUT2D eigenvalue weighted by Crippen LogP contribution is 2.29. The van der Waals surface area contributed by atoms with Crippen LogP contribution in [0.3, 0.4) is 0 Å². The lowest BCUT2D eigenvalue weighted by Gasteiger charge is -2.06. The molecule has 4 aromatic rings. The van der Waals surface area contributed by atoms with Crippen LogP contribution in [0.25, 0.3) is 11.0 Å². The zero-order valence-electron chi connectivity index (χ0n) is 17.7. The first kappa shape index (κ1) is 20.4. The van der Waals surface area contributed by atoms with Crippen LogP contribution in [0.2, 0.25) is 0 Å². The van der Waals surface area contributed by atoms with Crippen molar-refractivity contribution >= 4 is 28.3 Å². The molecule has 0 fully saturated rings. The van der Waals surface area contributed by atoms with E-state index in [4.69, 9.17) is 9.15 Å². The zero-order chi connectivity index (χ0) is 22.0. The minimum absolute atomic E-state index is 0.135. The highest BCUT2D eigenvalue weighted by molar-refractivity contribution is 6.10. The van der Waals surface area contributed by atoms with E-state index in [2.05, 4.69) is 5.32 Å². The largest absolute Gasteiger partial charge is 0.497 e. The number of rotatable bonds is 6. The number of fused-ring (bicyclic) bond motifs is 1. The summed E-state index contributed by atoms with van der Waals surface area (Å²) >= 11 is 0. The lowest BCUT2D eigenvalue weighted by atomic mass is 10.0. The van der Waals surface area contributed by atoms with Gasteiger partial charge >= 0.3 is 0 Å².